The third kappa shape index (κ3) is 4.43. The molecule has 28 heavy (non-hydrogen) atoms. The number of hydrogen-bond donors (Lipinski definition) is 1. The van der Waals surface area contributed by atoms with Crippen LogP contribution in [0.3, 0.4) is 0 Å². The van der Waals surface area contributed by atoms with E-state index in [4.69, 9.17) is 0 Å². The lowest BCUT2D eigenvalue weighted by Crippen LogP contribution is -2.48. The molecule has 5 nitrogen and oxygen atoms in total. The van der Waals surface area contributed by atoms with Gasteiger partial charge in [0.15, 0.2) is 0 Å². The van der Waals surface area contributed by atoms with E-state index in [-0.39, 0.29) is 17.9 Å². The van der Waals surface area contributed by atoms with Crippen LogP contribution in [0.15, 0.2) is 11.0 Å². The van der Waals surface area contributed by atoms with Crippen LogP contribution in [0.1, 0.15) is 67.2 Å². The van der Waals surface area contributed by atoms with Gasteiger partial charge in [-0.15, -0.1) is 0 Å². The van der Waals surface area contributed by atoms with Gasteiger partial charge < -0.3 is 4.90 Å². The highest BCUT2D eigenvalue weighted by Gasteiger charge is 2.31. The average Bonchev–Trinajstić information content (AvgIpc) is 2.67. The van der Waals surface area contributed by atoms with Gasteiger partial charge in [-0.3, -0.25) is 4.79 Å². The number of piperidine rings is 1. The summed E-state index contributed by atoms with van der Waals surface area (Å²) in [5, 5.41) is 0. The maximum absolute atomic E-state index is 13.1. The molecule has 1 aliphatic carbocycles. The van der Waals surface area contributed by atoms with E-state index in [1.165, 1.54) is 6.42 Å². The molecule has 3 rings (SSSR count). The molecule has 0 atom stereocenters. The minimum Gasteiger partial charge on any atom is -0.342 e. The van der Waals surface area contributed by atoms with Crippen molar-refractivity contribution in [2.24, 2.45) is 5.92 Å². The smallest absolute Gasteiger partial charge is 0.241 e. The van der Waals surface area contributed by atoms with Gasteiger partial charge in [0.05, 0.1) is 4.90 Å². The number of amides is 1. The van der Waals surface area contributed by atoms with Gasteiger partial charge in [-0.1, -0.05) is 25.3 Å². The number of benzene rings is 1. The molecule has 2 aliphatic rings. The topological polar surface area (TPSA) is 66.5 Å². The number of sulfonamides is 1. The van der Waals surface area contributed by atoms with Crippen molar-refractivity contribution in [2.75, 3.05) is 13.1 Å². The molecule has 2 fully saturated rings. The average molecular weight is 407 g/mol. The third-order valence-electron chi connectivity index (χ3n) is 6.65. The van der Waals surface area contributed by atoms with E-state index in [0.29, 0.717) is 30.8 Å². The number of nitrogens with zero attached hydrogens (tertiary/aromatic N) is 1. The molecule has 1 amide bonds. The van der Waals surface area contributed by atoms with Crippen molar-refractivity contribution in [3.05, 3.63) is 28.3 Å². The Morgan fingerprint density at radius 1 is 0.929 bits per heavy atom. The number of likely N-dealkylation sites (tertiary alicyclic amines) is 1. The van der Waals surface area contributed by atoms with Gasteiger partial charge in [-0.2, -0.15) is 0 Å². The van der Waals surface area contributed by atoms with E-state index in [1.807, 2.05) is 38.7 Å². The van der Waals surface area contributed by atoms with Gasteiger partial charge in [0.25, 0.3) is 0 Å². The number of aryl methyl sites for hydroxylation is 2. The molecule has 0 aromatic heterocycles. The first kappa shape index (κ1) is 21.3. The first-order valence-electron chi connectivity index (χ1n) is 10.6. The molecular weight excluding hydrogens is 372 g/mol. The zero-order valence-electron chi connectivity index (χ0n) is 17.7. The molecule has 1 saturated heterocycles. The number of rotatable bonds is 4. The summed E-state index contributed by atoms with van der Waals surface area (Å²) in [5.41, 5.74) is 3.63. The molecule has 1 aromatic rings. The number of hydrogen-bond acceptors (Lipinski definition) is 3. The van der Waals surface area contributed by atoms with E-state index in [1.54, 1.807) is 0 Å². The summed E-state index contributed by atoms with van der Waals surface area (Å²) in [7, 11) is -3.58. The van der Waals surface area contributed by atoms with Crippen LogP contribution in [-0.2, 0) is 14.8 Å². The first-order chi connectivity index (χ1) is 13.2. The van der Waals surface area contributed by atoms with Crippen LogP contribution in [0, 0.1) is 33.6 Å². The van der Waals surface area contributed by atoms with E-state index in [2.05, 4.69) is 4.72 Å². The van der Waals surface area contributed by atoms with Crippen molar-refractivity contribution in [3.8, 4) is 0 Å². The molecule has 6 heteroatoms. The van der Waals surface area contributed by atoms with Crippen LogP contribution in [0.2, 0.25) is 0 Å². The van der Waals surface area contributed by atoms with E-state index in [0.717, 1.165) is 47.9 Å². The maximum atomic E-state index is 13.1. The summed E-state index contributed by atoms with van der Waals surface area (Å²) in [5.74, 6) is 0.463. The molecule has 1 aromatic carbocycles. The van der Waals surface area contributed by atoms with Crippen LogP contribution in [0.5, 0.6) is 0 Å². The molecule has 0 radical (unpaired) electrons. The number of carbonyl (C=O) groups excluding carboxylic acids is 1. The normalized spacial score (nSPS) is 19.8. The van der Waals surface area contributed by atoms with E-state index >= 15 is 0 Å². The largest absolute Gasteiger partial charge is 0.342 e. The van der Waals surface area contributed by atoms with Crippen molar-refractivity contribution < 1.29 is 13.2 Å². The third-order valence-corrected chi connectivity index (χ3v) is 8.44. The standard InChI is InChI=1S/C22H34N2O3S/c1-15-14-16(2)18(4)21(17(15)3)28(26,27)23-20-10-12-24(13-11-20)22(25)19-8-6-5-7-9-19/h14,19-20,23H,5-13H2,1-4H3. The van der Waals surface area contributed by atoms with E-state index in [9.17, 15) is 13.2 Å². The summed E-state index contributed by atoms with van der Waals surface area (Å²) in [6, 6.07) is 1.93. The molecule has 1 N–H and O–H groups in total. The summed E-state index contributed by atoms with van der Waals surface area (Å²) >= 11 is 0. The Hall–Kier alpha value is -1.40. The van der Waals surface area contributed by atoms with Crippen LogP contribution >= 0.6 is 0 Å². The predicted octanol–water partition coefficient (Wildman–Crippen LogP) is 3.77. The minimum absolute atomic E-state index is 0.111. The quantitative estimate of drug-likeness (QED) is 0.828. The molecule has 156 valence electrons. The lowest BCUT2D eigenvalue weighted by atomic mass is 9.87. The van der Waals surface area contributed by atoms with Gasteiger partial charge in [0.1, 0.15) is 0 Å². The van der Waals surface area contributed by atoms with Gasteiger partial charge in [0.2, 0.25) is 15.9 Å². The maximum Gasteiger partial charge on any atom is 0.241 e. The minimum atomic E-state index is -3.58. The molecule has 0 bridgehead atoms. The highest BCUT2D eigenvalue weighted by Crippen LogP contribution is 2.28. The Balaban J connectivity index is 1.65. The van der Waals surface area contributed by atoms with Gasteiger partial charge in [-0.05, 0) is 75.6 Å². The molecule has 0 unspecified atom stereocenters. The van der Waals surface area contributed by atoms with Gasteiger partial charge in [0, 0.05) is 25.0 Å². The van der Waals surface area contributed by atoms with Crippen LogP contribution < -0.4 is 4.72 Å². The van der Waals surface area contributed by atoms with Gasteiger partial charge >= 0.3 is 0 Å². The zero-order chi connectivity index (χ0) is 20.5. The Morgan fingerprint density at radius 3 is 2.00 bits per heavy atom. The molecular formula is C22H34N2O3S. The predicted molar refractivity (Wildman–Crippen MR) is 112 cm³/mol. The Bertz CT molecular complexity index is 808. The van der Waals surface area contributed by atoms with Crippen LogP contribution in [0.25, 0.3) is 0 Å². The van der Waals surface area contributed by atoms with Crippen LogP contribution in [-0.4, -0.2) is 38.4 Å². The Kier molecular flexibility index (Phi) is 6.50. The zero-order valence-corrected chi connectivity index (χ0v) is 18.5. The lowest BCUT2D eigenvalue weighted by molar-refractivity contribution is -0.137. The molecule has 1 saturated carbocycles. The van der Waals surface area contributed by atoms with Gasteiger partial charge in [-0.25, -0.2) is 13.1 Å². The fourth-order valence-corrected chi connectivity index (χ4v) is 6.61. The highest BCUT2D eigenvalue weighted by atomic mass is 32.2. The molecule has 1 aliphatic heterocycles. The highest BCUT2D eigenvalue weighted by molar-refractivity contribution is 7.89. The SMILES string of the molecule is Cc1cc(C)c(C)c(S(=O)(=O)NC2CCN(C(=O)C3CCCCC3)CC2)c1C. The second-order valence-corrected chi connectivity index (χ2v) is 10.3. The Morgan fingerprint density at radius 2 is 1.46 bits per heavy atom. The number of carbonyl (C=O) groups is 1. The summed E-state index contributed by atoms with van der Waals surface area (Å²) in [6.45, 7) is 8.95. The van der Waals surface area contributed by atoms with Crippen molar-refractivity contribution in [1.82, 2.24) is 9.62 Å². The Labute approximate surface area is 169 Å². The fourth-order valence-electron chi connectivity index (χ4n) is 4.69. The second kappa shape index (κ2) is 8.54. The summed E-state index contributed by atoms with van der Waals surface area (Å²) in [6.07, 6.45) is 6.93. The number of nitrogens with one attached hydrogen (secondary N) is 1. The van der Waals surface area contributed by atoms with Crippen molar-refractivity contribution in [1.29, 1.82) is 0 Å². The summed E-state index contributed by atoms with van der Waals surface area (Å²) in [4.78, 5) is 15.1. The van der Waals surface area contributed by atoms with E-state index < -0.39 is 10.0 Å². The van der Waals surface area contributed by atoms with Crippen molar-refractivity contribution in [2.45, 2.75) is 83.6 Å². The second-order valence-electron chi connectivity index (χ2n) is 8.65. The lowest BCUT2D eigenvalue weighted by Gasteiger charge is -2.35. The van der Waals surface area contributed by atoms with Crippen LogP contribution in [0.4, 0.5) is 0 Å². The van der Waals surface area contributed by atoms with Crippen molar-refractivity contribution in [3.63, 3.8) is 0 Å². The molecule has 0 spiro atoms. The fraction of sp³-hybridized carbons (Fsp3) is 0.682. The monoisotopic (exact) mass is 406 g/mol. The summed E-state index contributed by atoms with van der Waals surface area (Å²) < 4.78 is 29.2. The first-order valence-corrected chi connectivity index (χ1v) is 12.1. The van der Waals surface area contributed by atoms with Crippen molar-refractivity contribution >= 4 is 15.9 Å². The molecule has 1 heterocycles.